The molecule has 3 aromatic rings. The monoisotopic (exact) mass is 550 g/mol. The number of para-hydroxylation sites is 2. The molecule has 0 unspecified atom stereocenters. The Kier molecular flexibility index (Phi) is 8.60. The second kappa shape index (κ2) is 11.9. The molecule has 8 nitrogen and oxygen atoms in total. The number of nitrogens with zero attached hydrogens (tertiary/aromatic N) is 2. The maximum absolute atomic E-state index is 14.1. The highest BCUT2D eigenvalue weighted by Crippen LogP contribution is 2.36. The molecule has 1 atom stereocenters. The van der Waals surface area contributed by atoms with Crippen LogP contribution >= 0.6 is 11.3 Å². The van der Waals surface area contributed by atoms with Crippen molar-refractivity contribution in [1.29, 1.82) is 0 Å². The van der Waals surface area contributed by atoms with Crippen LogP contribution in [0, 0.1) is 0 Å². The number of allylic oxidation sites excluding steroid dienone is 1. The van der Waals surface area contributed by atoms with Crippen LogP contribution in [0.2, 0.25) is 0 Å². The Morgan fingerprint density at radius 2 is 1.74 bits per heavy atom. The molecule has 9 heteroatoms. The molecule has 0 aliphatic carbocycles. The number of rotatable bonds is 9. The van der Waals surface area contributed by atoms with Gasteiger partial charge in [0, 0.05) is 11.1 Å². The molecule has 0 N–H and O–H groups in total. The topological polar surface area (TPSA) is 88.4 Å². The van der Waals surface area contributed by atoms with Crippen LogP contribution in [-0.4, -0.2) is 36.5 Å². The molecule has 2 aromatic carbocycles. The minimum atomic E-state index is -0.769. The first-order valence-electron chi connectivity index (χ1n) is 12.9. The summed E-state index contributed by atoms with van der Waals surface area (Å²) >= 11 is 1.25. The number of aromatic nitrogens is 1. The summed E-state index contributed by atoms with van der Waals surface area (Å²) in [5.41, 5.74) is 1.91. The summed E-state index contributed by atoms with van der Waals surface area (Å²) in [6.45, 7) is 11.4. The summed E-state index contributed by atoms with van der Waals surface area (Å²) in [7, 11) is 1.58. The first kappa shape index (κ1) is 28.2. The van der Waals surface area contributed by atoms with Gasteiger partial charge in [0.05, 0.1) is 41.7 Å². The van der Waals surface area contributed by atoms with E-state index in [4.69, 9.17) is 18.9 Å². The number of thiazole rings is 1. The maximum atomic E-state index is 14.1. The predicted octanol–water partition coefficient (Wildman–Crippen LogP) is 4.38. The van der Waals surface area contributed by atoms with Gasteiger partial charge < -0.3 is 18.9 Å². The highest BCUT2D eigenvalue weighted by Gasteiger charge is 2.35. The van der Waals surface area contributed by atoms with Crippen LogP contribution in [0.1, 0.15) is 58.7 Å². The molecule has 0 amide bonds. The normalized spacial score (nSPS) is 15.3. The Morgan fingerprint density at radius 1 is 1.05 bits per heavy atom. The average Bonchev–Trinajstić information content (AvgIpc) is 3.18. The zero-order chi connectivity index (χ0) is 28.3. The molecule has 1 aromatic heterocycles. The molecule has 2 heterocycles. The third-order valence-electron chi connectivity index (χ3n) is 5.96. The number of methoxy groups -OCH3 is 1. The minimum Gasteiger partial charge on any atom is -0.493 e. The quantitative estimate of drug-likeness (QED) is 0.368. The minimum absolute atomic E-state index is 0.0955. The van der Waals surface area contributed by atoms with Gasteiger partial charge in [0.2, 0.25) is 0 Å². The molecule has 1 aliphatic heterocycles. The molecule has 0 saturated carbocycles. The lowest BCUT2D eigenvalue weighted by Crippen LogP contribution is -2.40. The molecule has 0 radical (unpaired) electrons. The summed E-state index contributed by atoms with van der Waals surface area (Å²) in [6, 6.07) is 12.2. The number of hydrogen-bond donors (Lipinski definition) is 0. The Hall–Kier alpha value is -3.85. The number of carbonyl (C=O) groups is 1. The number of hydrogen-bond acceptors (Lipinski definition) is 8. The molecule has 0 bridgehead atoms. The van der Waals surface area contributed by atoms with E-state index in [-0.39, 0.29) is 24.4 Å². The fourth-order valence-electron chi connectivity index (χ4n) is 4.46. The lowest BCUT2D eigenvalue weighted by Gasteiger charge is -2.26. The van der Waals surface area contributed by atoms with E-state index in [1.807, 2.05) is 70.2 Å². The van der Waals surface area contributed by atoms with Gasteiger partial charge in [-0.25, -0.2) is 9.79 Å². The standard InChI is InChI=1S/C30H34N2O6S/c1-8-36-29(34)25-19(6)31-30-32(26(25)21-13-9-10-14-22(21)37-17(2)3)28(33)24(39-30)16-20-12-11-15-23(35-7)27(20)38-18(4)5/h9-18,26H,8H2,1-7H3/b24-16-/t26-/m0/s1. The Morgan fingerprint density at radius 3 is 2.41 bits per heavy atom. The van der Waals surface area contributed by atoms with Crippen LogP contribution in [0.4, 0.5) is 0 Å². The fourth-order valence-corrected chi connectivity index (χ4v) is 5.50. The van der Waals surface area contributed by atoms with E-state index >= 15 is 0 Å². The zero-order valence-electron chi connectivity index (χ0n) is 23.3. The predicted molar refractivity (Wildman–Crippen MR) is 151 cm³/mol. The van der Waals surface area contributed by atoms with Gasteiger partial charge in [0.25, 0.3) is 5.56 Å². The number of fused-ring (bicyclic) bond motifs is 1. The largest absolute Gasteiger partial charge is 0.493 e. The van der Waals surface area contributed by atoms with Crippen LogP contribution in [0.3, 0.4) is 0 Å². The maximum Gasteiger partial charge on any atom is 0.338 e. The van der Waals surface area contributed by atoms with Crippen molar-refractivity contribution in [2.45, 2.75) is 59.8 Å². The van der Waals surface area contributed by atoms with Crippen molar-refractivity contribution in [3.05, 3.63) is 84.5 Å². The van der Waals surface area contributed by atoms with E-state index in [0.29, 0.717) is 49.0 Å². The van der Waals surface area contributed by atoms with Gasteiger partial charge in [0.15, 0.2) is 16.3 Å². The van der Waals surface area contributed by atoms with Crippen LogP contribution in [0.25, 0.3) is 6.08 Å². The third-order valence-corrected chi connectivity index (χ3v) is 6.95. The second-order valence-electron chi connectivity index (χ2n) is 9.55. The molecule has 0 spiro atoms. The van der Waals surface area contributed by atoms with Crippen molar-refractivity contribution in [2.24, 2.45) is 4.99 Å². The van der Waals surface area contributed by atoms with Crippen LogP contribution in [0.15, 0.2) is 63.5 Å². The van der Waals surface area contributed by atoms with E-state index in [2.05, 4.69) is 4.99 Å². The van der Waals surface area contributed by atoms with Crippen molar-refractivity contribution in [3.63, 3.8) is 0 Å². The molecule has 39 heavy (non-hydrogen) atoms. The summed E-state index contributed by atoms with van der Waals surface area (Å²) in [5.74, 6) is 1.20. The average molecular weight is 551 g/mol. The van der Waals surface area contributed by atoms with Gasteiger partial charge in [0.1, 0.15) is 11.8 Å². The lowest BCUT2D eigenvalue weighted by atomic mass is 9.95. The molecule has 0 saturated heterocycles. The molecule has 4 rings (SSSR count). The van der Waals surface area contributed by atoms with Crippen LogP contribution < -0.4 is 29.1 Å². The van der Waals surface area contributed by atoms with Crippen molar-refractivity contribution in [2.75, 3.05) is 13.7 Å². The van der Waals surface area contributed by atoms with Gasteiger partial charge in [-0.15, -0.1) is 0 Å². The second-order valence-corrected chi connectivity index (χ2v) is 10.6. The summed E-state index contributed by atoms with van der Waals surface area (Å²) in [6.07, 6.45) is 1.58. The van der Waals surface area contributed by atoms with E-state index in [1.165, 1.54) is 11.3 Å². The van der Waals surface area contributed by atoms with E-state index in [1.54, 1.807) is 31.6 Å². The molecule has 0 fully saturated rings. The third kappa shape index (κ3) is 5.78. The van der Waals surface area contributed by atoms with Crippen molar-refractivity contribution >= 4 is 23.4 Å². The fraction of sp³-hybridized carbons (Fsp3) is 0.367. The van der Waals surface area contributed by atoms with Gasteiger partial charge in [-0.1, -0.05) is 41.7 Å². The lowest BCUT2D eigenvalue weighted by molar-refractivity contribution is -0.139. The number of ether oxygens (including phenoxy) is 4. The highest BCUT2D eigenvalue weighted by atomic mass is 32.1. The zero-order valence-corrected chi connectivity index (χ0v) is 24.1. The highest BCUT2D eigenvalue weighted by molar-refractivity contribution is 7.07. The van der Waals surface area contributed by atoms with Gasteiger partial charge in [-0.2, -0.15) is 0 Å². The van der Waals surface area contributed by atoms with E-state index < -0.39 is 12.0 Å². The first-order chi connectivity index (χ1) is 18.7. The van der Waals surface area contributed by atoms with Crippen LogP contribution in [-0.2, 0) is 9.53 Å². The van der Waals surface area contributed by atoms with Crippen molar-refractivity contribution in [1.82, 2.24) is 4.57 Å². The van der Waals surface area contributed by atoms with E-state index in [0.717, 1.165) is 0 Å². The Labute approximate surface area is 231 Å². The summed E-state index contributed by atoms with van der Waals surface area (Å²) < 4.78 is 25.1. The first-order valence-corrected chi connectivity index (χ1v) is 13.8. The van der Waals surface area contributed by atoms with Crippen molar-refractivity contribution < 1.29 is 23.7 Å². The van der Waals surface area contributed by atoms with Gasteiger partial charge >= 0.3 is 5.97 Å². The van der Waals surface area contributed by atoms with Gasteiger partial charge in [-0.05, 0) is 59.8 Å². The van der Waals surface area contributed by atoms with Gasteiger partial charge in [-0.3, -0.25) is 9.36 Å². The molecule has 206 valence electrons. The molecule has 1 aliphatic rings. The Balaban J connectivity index is 1.99. The number of esters is 1. The molecular formula is C30H34N2O6S. The Bertz CT molecular complexity index is 1580. The van der Waals surface area contributed by atoms with E-state index in [9.17, 15) is 9.59 Å². The smallest absolute Gasteiger partial charge is 0.338 e. The summed E-state index contributed by atoms with van der Waals surface area (Å²) in [4.78, 5) is 32.4. The van der Waals surface area contributed by atoms with Crippen molar-refractivity contribution in [3.8, 4) is 17.2 Å². The van der Waals surface area contributed by atoms with Crippen LogP contribution in [0.5, 0.6) is 17.2 Å². The number of carbonyl (C=O) groups excluding carboxylic acids is 1. The SMILES string of the molecule is CCOC(=O)C1=C(C)N=c2s/c(=C\c3cccc(OC)c3OC(C)C)c(=O)n2[C@H]1c1ccccc1OC(C)C. The number of benzene rings is 2. The summed E-state index contributed by atoms with van der Waals surface area (Å²) in [5, 5.41) is 0. The molecular weight excluding hydrogens is 516 g/mol.